The van der Waals surface area contributed by atoms with Crippen molar-refractivity contribution in [1.82, 2.24) is 0 Å². The average molecular weight is 1170 g/mol. The van der Waals surface area contributed by atoms with Crippen molar-refractivity contribution in [2.24, 2.45) is 5.41 Å². The first-order chi connectivity index (χ1) is 44.1. The van der Waals surface area contributed by atoms with Crippen molar-refractivity contribution in [2.45, 2.75) is 85.0 Å². The molecule has 0 amide bonds. The molecule has 3 heteroatoms. The van der Waals surface area contributed by atoms with Gasteiger partial charge in [0, 0.05) is 67.2 Å². The lowest BCUT2D eigenvalue weighted by Gasteiger charge is -2.38. The molecule has 16 rings (SSSR count). The third-order valence-corrected chi connectivity index (χ3v) is 21.0. The maximum Gasteiger partial charge on any atom is 0.0529 e. The molecule has 5 aliphatic rings. The summed E-state index contributed by atoms with van der Waals surface area (Å²) in [6.45, 7) is 21.5. The minimum Gasteiger partial charge on any atom is -0.310 e. The lowest BCUT2D eigenvalue weighted by atomic mass is 9.73. The molecule has 1 unspecified atom stereocenters. The van der Waals surface area contributed by atoms with E-state index in [1.165, 1.54) is 111 Å². The largest absolute Gasteiger partial charge is 0.310 e. The molecule has 0 fully saturated rings. The van der Waals surface area contributed by atoms with Gasteiger partial charge in [0.2, 0.25) is 0 Å². The molecule has 91 heavy (non-hydrogen) atoms. The molecule has 442 valence electrons. The van der Waals surface area contributed by atoms with E-state index >= 15 is 0 Å². The van der Waals surface area contributed by atoms with Crippen LogP contribution in [-0.2, 0) is 16.2 Å². The molecule has 0 spiro atoms. The number of hydrogen-bond acceptors (Lipinski definition) is 3. The fourth-order valence-corrected chi connectivity index (χ4v) is 16.2. The molecule has 0 saturated heterocycles. The summed E-state index contributed by atoms with van der Waals surface area (Å²) >= 11 is 0. The van der Waals surface area contributed by atoms with Gasteiger partial charge in [-0.05, 0) is 229 Å². The summed E-state index contributed by atoms with van der Waals surface area (Å²) in [4.78, 5) is 7.58. The Bertz CT molecular complexity index is 4900. The first kappa shape index (κ1) is 56.0. The Kier molecular flexibility index (Phi) is 12.9. The normalized spacial score (nSPS) is 16.9. The summed E-state index contributed by atoms with van der Waals surface area (Å²) in [5.74, 6) is 0. The number of allylic oxidation sites excluding steroid dienone is 7. The van der Waals surface area contributed by atoms with Crippen LogP contribution >= 0.6 is 0 Å². The second-order valence-electron chi connectivity index (χ2n) is 27.7. The summed E-state index contributed by atoms with van der Waals surface area (Å²) in [6.07, 6.45) is 14.8. The molecule has 11 aromatic carbocycles. The van der Waals surface area contributed by atoms with Crippen molar-refractivity contribution in [1.29, 1.82) is 0 Å². The van der Waals surface area contributed by atoms with Crippen LogP contribution in [0, 0.1) is 19.3 Å². The zero-order valence-corrected chi connectivity index (χ0v) is 53.6. The Morgan fingerprint density at radius 1 is 0.308 bits per heavy atom. The van der Waals surface area contributed by atoms with Gasteiger partial charge < -0.3 is 14.7 Å². The van der Waals surface area contributed by atoms with E-state index in [-0.39, 0.29) is 16.2 Å². The molecule has 3 nitrogen and oxygen atoms in total. The first-order valence-corrected chi connectivity index (χ1v) is 32.5. The number of benzene rings is 11. The topological polar surface area (TPSA) is 9.72 Å². The Labute approximate surface area is 538 Å². The van der Waals surface area contributed by atoms with Crippen LogP contribution in [0.3, 0.4) is 0 Å². The van der Waals surface area contributed by atoms with Crippen LogP contribution in [0.1, 0.15) is 99.4 Å². The number of nitrogens with zero attached hydrogens (tertiary/aromatic N) is 3. The van der Waals surface area contributed by atoms with Gasteiger partial charge in [-0.3, -0.25) is 0 Å². The van der Waals surface area contributed by atoms with Gasteiger partial charge >= 0.3 is 0 Å². The van der Waals surface area contributed by atoms with Crippen LogP contribution in [0.4, 0.5) is 45.5 Å². The van der Waals surface area contributed by atoms with E-state index < -0.39 is 5.41 Å². The van der Waals surface area contributed by atoms with Gasteiger partial charge in [-0.15, -0.1) is 0 Å². The fourth-order valence-electron chi connectivity index (χ4n) is 16.2. The molecule has 0 bridgehead atoms. The van der Waals surface area contributed by atoms with Crippen LogP contribution < -0.4 is 14.7 Å². The van der Waals surface area contributed by atoms with E-state index in [2.05, 4.69) is 356 Å². The van der Waals surface area contributed by atoms with Crippen molar-refractivity contribution < 1.29 is 0 Å². The van der Waals surface area contributed by atoms with Crippen molar-refractivity contribution in [2.75, 3.05) is 14.7 Å². The van der Waals surface area contributed by atoms with E-state index in [0.717, 1.165) is 51.9 Å². The van der Waals surface area contributed by atoms with Crippen LogP contribution in [0.5, 0.6) is 0 Å². The van der Waals surface area contributed by atoms with E-state index in [1.807, 2.05) is 0 Å². The Morgan fingerprint density at radius 3 is 1.48 bits per heavy atom. The number of rotatable bonds is 11. The number of aryl methyl sites for hydroxylation is 2. The second kappa shape index (κ2) is 20.9. The molecule has 11 aromatic rings. The highest BCUT2D eigenvalue weighted by atomic mass is 15.2. The minimum absolute atomic E-state index is 0.109. The lowest BCUT2D eigenvalue weighted by Crippen LogP contribution is -2.27. The first-order valence-electron chi connectivity index (χ1n) is 32.5. The standard InChI is InChI=1S/C88H75N3/c1-57-26-19-20-33-68(57)72-50-64(41-38-58(72)2)91(62-31-17-12-18-32-62)83-54-67(89(61-29-15-11-16-30-61)65-44-46-70-69-34-21-22-35-76(69)85(3,4)78(70)52-65)51-75-74-56-80-73(55-81(74)87(7,8)84(75)83)71-47-45-66(53-79(71)86(80,5)6)90(82-37-25-49-88(9)48-24-23-36-77(82)88)63-42-39-60(40-43-63)59-27-13-10-14-28-59/h10-48,50-56H,49H2,1-9H3. The van der Waals surface area contributed by atoms with Crippen LogP contribution in [0.15, 0.2) is 290 Å². The maximum atomic E-state index is 2.60. The number of fused-ring (bicyclic) bond motifs is 10. The molecular weight excluding hydrogens is 1100 g/mol. The van der Waals surface area contributed by atoms with Gasteiger partial charge in [0.1, 0.15) is 0 Å². The van der Waals surface area contributed by atoms with E-state index in [9.17, 15) is 0 Å². The Balaban J connectivity index is 0.903. The zero-order valence-electron chi connectivity index (χ0n) is 53.6. The summed E-state index contributed by atoms with van der Waals surface area (Å²) in [5, 5.41) is 0. The highest BCUT2D eigenvalue weighted by molar-refractivity contribution is 5.99. The molecule has 0 aromatic heterocycles. The lowest BCUT2D eigenvalue weighted by molar-refractivity contribution is 0.520. The van der Waals surface area contributed by atoms with E-state index in [1.54, 1.807) is 0 Å². The van der Waals surface area contributed by atoms with E-state index in [0.29, 0.717) is 0 Å². The van der Waals surface area contributed by atoms with Gasteiger partial charge in [0.15, 0.2) is 0 Å². The summed E-state index contributed by atoms with van der Waals surface area (Å²) in [5.41, 5.74) is 33.7. The van der Waals surface area contributed by atoms with Gasteiger partial charge in [-0.1, -0.05) is 224 Å². The van der Waals surface area contributed by atoms with Gasteiger partial charge in [0.25, 0.3) is 0 Å². The molecular formula is C88H75N3. The predicted octanol–water partition coefficient (Wildman–Crippen LogP) is 24.0. The average Bonchev–Trinajstić information content (AvgIpc) is 1.55. The highest BCUT2D eigenvalue weighted by Crippen LogP contribution is 2.61. The zero-order chi connectivity index (χ0) is 62.1. The minimum atomic E-state index is -0.434. The maximum absolute atomic E-state index is 2.60. The second-order valence-corrected chi connectivity index (χ2v) is 27.7. The summed E-state index contributed by atoms with van der Waals surface area (Å²) < 4.78 is 0. The van der Waals surface area contributed by atoms with E-state index in [4.69, 9.17) is 0 Å². The van der Waals surface area contributed by atoms with Crippen LogP contribution in [0.25, 0.3) is 55.6 Å². The van der Waals surface area contributed by atoms with Crippen molar-refractivity contribution in [3.8, 4) is 55.6 Å². The third kappa shape index (κ3) is 8.83. The van der Waals surface area contributed by atoms with Crippen LogP contribution in [0.2, 0.25) is 0 Å². The SMILES string of the molecule is Cc1ccccc1-c1cc(N(c2ccccc2)c2cc(N(c3ccccc3)c3ccc4c(c3)C(C)(C)c3ccccc3-4)cc3c2C(C)(C)c2cc4c(cc2-3)C(C)(C)c2cc(N(C3=C5C=CC=CC5(C)CC=C3)c3ccc(-c5ccccc5)cc3)ccc2-4)ccc1C. The van der Waals surface area contributed by atoms with Crippen LogP contribution in [-0.4, -0.2) is 0 Å². The van der Waals surface area contributed by atoms with Gasteiger partial charge in [-0.25, -0.2) is 0 Å². The molecule has 0 aliphatic heterocycles. The predicted molar refractivity (Wildman–Crippen MR) is 385 cm³/mol. The van der Waals surface area contributed by atoms with Gasteiger partial charge in [0.05, 0.1) is 5.69 Å². The van der Waals surface area contributed by atoms with Crippen molar-refractivity contribution >= 4 is 45.5 Å². The Morgan fingerprint density at radius 2 is 0.791 bits per heavy atom. The summed E-state index contributed by atoms with van der Waals surface area (Å²) in [7, 11) is 0. The number of anilines is 8. The number of hydrogen-bond donors (Lipinski definition) is 0. The number of para-hydroxylation sites is 2. The molecule has 0 heterocycles. The molecule has 5 aliphatic carbocycles. The monoisotopic (exact) mass is 1170 g/mol. The fraction of sp³-hybridized carbons (Fsp3) is 0.159. The Hall–Kier alpha value is -10.2. The quantitative estimate of drug-likeness (QED) is 0.128. The third-order valence-electron chi connectivity index (χ3n) is 21.0. The van der Waals surface area contributed by atoms with Crippen molar-refractivity contribution in [3.05, 3.63) is 335 Å². The van der Waals surface area contributed by atoms with Gasteiger partial charge in [-0.2, -0.15) is 0 Å². The molecule has 0 saturated carbocycles. The molecule has 1 atom stereocenters. The van der Waals surface area contributed by atoms with Crippen molar-refractivity contribution in [3.63, 3.8) is 0 Å². The summed E-state index contributed by atoms with van der Waals surface area (Å²) in [6, 6.07) is 91.6. The smallest absolute Gasteiger partial charge is 0.0529 e. The molecule has 0 radical (unpaired) electrons. The molecule has 0 N–H and O–H groups in total. The highest BCUT2D eigenvalue weighted by Gasteiger charge is 2.45.